The van der Waals surface area contributed by atoms with E-state index in [1.54, 1.807) is 23.5 Å². The molecule has 182 valence electrons. The van der Waals surface area contributed by atoms with E-state index in [2.05, 4.69) is 55.0 Å². The lowest BCUT2D eigenvalue weighted by Gasteiger charge is -2.41. The normalized spacial score (nSPS) is 16.9. The van der Waals surface area contributed by atoms with Crippen LogP contribution in [0.3, 0.4) is 0 Å². The Balaban J connectivity index is 2.24. The minimum atomic E-state index is -0.834. The van der Waals surface area contributed by atoms with Gasteiger partial charge in [-0.2, -0.15) is 0 Å². The SMILES string of the molecule is CSc1cc(C)nc(SC)c1C1(c2ccccc2Cl)C=C(NC(N)=O)Nc2ccc(C(C)C)cc21. The van der Waals surface area contributed by atoms with E-state index < -0.39 is 11.4 Å². The number of halogens is 1. The highest BCUT2D eigenvalue weighted by molar-refractivity contribution is 7.99. The summed E-state index contributed by atoms with van der Waals surface area (Å²) in [5.74, 6) is 0.830. The predicted octanol–water partition coefficient (Wildman–Crippen LogP) is 6.88. The summed E-state index contributed by atoms with van der Waals surface area (Å²) in [6, 6.07) is 15.7. The van der Waals surface area contributed by atoms with Crippen LogP contribution in [0.2, 0.25) is 5.02 Å². The Morgan fingerprint density at radius 3 is 2.49 bits per heavy atom. The van der Waals surface area contributed by atoms with Gasteiger partial charge in [0.15, 0.2) is 0 Å². The molecule has 0 spiro atoms. The Morgan fingerprint density at radius 2 is 1.86 bits per heavy atom. The van der Waals surface area contributed by atoms with Crippen LogP contribution in [-0.4, -0.2) is 23.5 Å². The first-order valence-electron chi connectivity index (χ1n) is 11.3. The largest absolute Gasteiger partial charge is 0.351 e. The van der Waals surface area contributed by atoms with Crippen molar-refractivity contribution in [1.82, 2.24) is 10.3 Å². The molecule has 1 aliphatic rings. The van der Waals surface area contributed by atoms with Crippen LogP contribution in [0.15, 0.2) is 70.3 Å². The second-order valence-electron chi connectivity index (χ2n) is 8.77. The van der Waals surface area contributed by atoms with Crippen molar-refractivity contribution in [2.75, 3.05) is 17.8 Å². The maximum atomic E-state index is 11.9. The fourth-order valence-corrected chi connectivity index (χ4v) is 6.47. The molecular weight excluding hydrogens is 496 g/mol. The Bertz CT molecular complexity index is 1300. The minimum absolute atomic E-state index is 0.328. The van der Waals surface area contributed by atoms with E-state index in [0.29, 0.717) is 16.8 Å². The molecular formula is C27H29ClN4OS2. The van der Waals surface area contributed by atoms with E-state index in [-0.39, 0.29) is 0 Å². The van der Waals surface area contributed by atoms with Crippen molar-refractivity contribution in [2.45, 2.75) is 42.0 Å². The highest BCUT2D eigenvalue weighted by Crippen LogP contribution is 2.53. The van der Waals surface area contributed by atoms with Crippen LogP contribution in [0.4, 0.5) is 10.5 Å². The molecule has 0 fully saturated rings. The fraction of sp³-hybridized carbons (Fsp3) is 0.259. The molecule has 3 aromatic rings. The first-order valence-corrected chi connectivity index (χ1v) is 14.1. The number of hydrogen-bond donors (Lipinski definition) is 3. The number of anilines is 1. The van der Waals surface area contributed by atoms with Crippen LogP contribution in [0.5, 0.6) is 0 Å². The van der Waals surface area contributed by atoms with Crippen LogP contribution < -0.4 is 16.4 Å². The molecule has 8 heteroatoms. The molecule has 2 heterocycles. The molecule has 35 heavy (non-hydrogen) atoms. The fourth-order valence-electron chi connectivity index (χ4n) is 4.66. The Hall–Kier alpha value is -2.61. The minimum Gasteiger partial charge on any atom is -0.351 e. The zero-order valence-electron chi connectivity index (χ0n) is 20.4. The number of rotatable bonds is 6. The van der Waals surface area contributed by atoms with Gasteiger partial charge in [0.05, 0.1) is 5.41 Å². The molecule has 0 saturated carbocycles. The number of benzene rings is 2. The first-order chi connectivity index (χ1) is 16.7. The van der Waals surface area contributed by atoms with E-state index >= 15 is 0 Å². The maximum absolute atomic E-state index is 11.9. The summed E-state index contributed by atoms with van der Waals surface area (Å²) in [5.41, 5.74) is 10.7. The van der Waals surface area contributed by atoms with Gasteiger partial charge in [0.25, 0.3) is 0 Å². The number of urea groups is 1. The molecule has 4 rings (SSSR count). The molecule has 1 atom stereocenters. The van der Waals surface area contributed by atoms with Crippen molar-refractivity contribution in [3.8, 4) is 0 Å². The molecule has 0 radical (unpaired) electrons. The summed E-state index contributed by atoms with van der Waals surface area (Å²) < 4.78 is 0. The number of aromatic nitrogens is 1. The number of primary amides is 1. The third-order valence-electron chi connectivity index (χ3n) is 6.21. The van der Waals surface area contributed by atoms with Gasteiger partial charge in [-0.15, -0.1) is 23.5 Å². The molecule has 0 bridgehead atoms. The molecule has 4 N–H and O–H groups in total. The van der Waals surface area contributed by atoms with Crippen molar-refractivity contribution < 1.29 is 4.79 Å². The van der Waals surface area contributed by atoms with Crippen LogP contribution in [0, 0.1) is 6.92 Å². The Labute approximate surface area is 220 Å². The summed E-state index contributed by atoms with van der Waals surface area (Å²) in [4.78, 5) is 18.0. The number of hydrogen-bond acceptors (Lipinski definition) is 5. The number of amides is 2. The summed E-state index contributed by atoms with van der Waals surface area (Å²) in [6.45, 7) is 6.37. The summed E-state index contributed by atoms with van der Waals surface area (Å²) in [6.07, 6.45) is 6.13. The van der Waals surface area contributed by atoms with Gasteiger partial charge in [-0.1, -0.05) is 55.8 Å². The molecule has 2 amide bonds. The van der Waals surface area contributed by atoms with Gasteiger partial charge in [0.2, 0.25) is 0 Å². The van der Waals surface area contributed by atoms with Gasteiger partial charge in [-0.05, 0) is 66.3 Å². The van der Waals surface area contributed by atoms with Gasteiger partial charge in [-0.3, -0.25) is 5.32 Å². The number of nitrogens with one attached hydrogen (secondary N) is 2. The van der Waals surface area contributed by atoms with Crippen LogP contribution in [0.1, 0.15) is 47.7 Å². The Kier molecular flexibility index (Phi) is 7.40. The maximum Gasteiger partial charge on any atom is 0.317 e. The van der Waals surface area contributed by atoms with Crippen molar-refractivity contribution in [3.05, 3.63) is 93.4 Å². The molecule has 2 aromatic carbocycles. The predicted molar refractivity (Wildman–Crippen MR) is 149 cm³/mol. The van der Waals surface area contributed by atoms with E-state index in [4.69, 9.17) is 22.3 Å². The average Bonchev–Trinajstić information content (AvgIpc) is 2.82. The lowest BCUT2D eigenvalue weighted by atomic mass is 9.67. The summed E-state index contributed by atoms with van der Waals surface area (Å²) in [7, 11) is 0. The molecule has 1 aromatic heterocycles. The third kappa shape index (κ3) is 4.65. The average molecular weight is 525 g/mol. The van der Waals surface area contributed by atoms with Gasteiger partial charge < -0.3 is 11.1 Å². The lowest BCUT2D eigenvalue weighted by molar-refractivity contribution is 0.251. The quantitative estimate of drug-likeness (QED) is 0.306. The molecule has 0 saturated heterocycles. The number of carbonyl (C=O) groups is 1. The number of aryl methyl sites for hydroxylation is 1. The van der Waals surface area contributed by atoms with Gasteiger partial charge in [-0.25, -0.2) is 9.78 Å². The summed E-state index contributed by atoms with van der Waals surface area (Å²) >= 11 is 10.2. The smallest absolute Gasteiger partial charge is 0.317 e. The van der Waals surface area contributed by atoms with Crippen LogP contribution >= 0.6 is 35.1 Å². The number of carbonyl (C=O) groups excluding carboxylic acids is 1. The first kappa shape index (κ1) is 25.5. The topological polar surface area (TPSA) is 80.0 Å². The monoisotopic (exact) mass is 524 g/mol. The number of fused-ring (bicyclic) bond motifs is 1. The van der Waals surface area contributed by atoms with E-state index in [1.807, 2.05) is 43.5 Å². The second kappa shape index (κ2) is 10.2. The molecule has 5 nitrogen and oxygen atoms in total. The lowest BCUT2D eigenvalue weighted by Crippen LogP contribution is -2.40. The third-order valence-corrected chi connectivity index (χ3v) is 7.98. The Morgan fingerprint density at radius 1 is 1.11 bits per heavy atom. The number of nitrogens with two attached hydrogens (primary N) is 1. The molecule has 0 aliphatic carbocycles. The van der Waals surface area contributed by atoms with E-state index in [9.17, 15) is 4.79 Å². The molecule has 1 unspecified atom stereocenters. The van der Waals surface area contributed by atoms with E-state index in [1.165, 1.54) is 5.56 Å². The van der Waals surface area contributed by atoms with Gasteiger partial charge >= 0.3 is 6.03 Å². The van der Waals surface area contributed by atoms with Crippen molar-refractivity contribution in [2.24, 2.45) is 5.73 Å². The van der Waals surface area contributed by atoms with Crippen molar-refractivity contribution in [3.63, 3.8) is 0 Å². The van der Waals surface area contributed by atoms with Crippen molar-refractivity contribution >= 4 is 46.8 Å². The van der Waals surface area contributed by atoms with Crippen LogP contribution in [-0.2, 0) is 5.41 Å². The number of thioether (sulfide) groups is 2. The van der Waals surface area contributed by atoms with Gasteiger partial charge in [0.1, 0.15) is 10.8 Å². The van der Waals surface area contributed by atoms with E-state index in [0.717, 1.165) is 38.0 Å². The van der Waals surface area contributed by atoms with Gasteiger partial charge in [0, 0.05) is 26.9 Å². The van der Waals surface area contributed by atoms with Crippen LogP contribution in [0.25, 0.3) is 0 Å². The highest BCUT2D eigenvalue weighted by atomic mass is 35.5. The molecule has 1 aliphatic heterocycles. The standard InChI is InChI=1S/C27H29ClN4OS2/c1-15(2)17-10-11-21-19(13-17)27(14-23(31-21)32-26(29)33,18-8-6-7-9-20(18)28)24-22(34-4)12-16(3)30-25(24)35-5/h6-15,31H,1-5H3,(H3,29,32,33). The number of allylic oxidation sites excluding steroid dienone is 1. The van der Waals surface area contributed by atoms with Crippen molar-refractivity contribution in [1.29, 1.82) is 0 Å². The number of nitrogens with zero attached hydrogens (tertiary/aromatic N) is 1. The number of pyridine rings is 1. The second-order valence-corrected chi connectivity index (χ2v) is 10.8. The zero-order valence-corrected chi connectivity index (χ0v) is 22.8. The zero-order chi connectivity index (χ0) is 25.3. The highest BCUT2D eigenvalue weighted by Gasteiger charge is 2.44. The summed E-state index contributed by atoms with van der Waals surface area (Å²) in [5, 5.41) is 7.68.